The quantitative estimate of drug-likeness (QED) is 0.937. The van der Waals surface area contributed by atoms with E-state index in [1.165, 1.54) is 25.4 Å². The number of hydrogen-bond acceptors (Lipinski definition) is 3. The fourth-order valence-electron chi connectivity index (χ4n) is 2.13. The van der Waals surface area contributed by atoms with E-state index in [0.29, 0.717) is 11.4 Å². The van der Waals surface area contributed by atoms with Gasteiger partial charge in [0.15, 0.2) is 17.4 Å². The van der Waals surface area contributed by atoms with Gasteiger partial charge >= 0.3 is 0 Å². The zero-order chi connectivity index (χ0) is 14.9. The lowest BCUT2D eigenvalue weighted by molar-refractivity contribution is 0.399. The average Bonchev–Trinajstić information content (AvgIpc) is 2.85. The van der Waals surface area contributed by atoms with Crippen molar-refractivity contribution in [3.05, 3.63) is 47.3 Å². The van der Waals surface area contributed by atoms with Gasteiger partial charge in [0.05, 0.1) is 19.3 Å². The van der Waals surface area contributed by atoms with Gasteiger partial charge in [0.2, 0.25) is 0 Å². The molecular weight excluding hydrogens is 264 g/mol. The summed E-state index contributed by atoms with van der Waals surface area (Å²) in [4.78, 5) is 0. The average molecular weight is 281 g/mol. The number of nitrogens with two attached hydrogens (primary N) is 1. The number of aromatic nitrogens is 2. The molecule has 0 aliphatic heterocycles. The first-order valence-corrected chi connectivity index (χ1v) is 6.28. The summed E-state index contributed by atoms with van der Waals surface area (Å²) in [5, 5.41) is 4.18. The van der Waals surface area contributed by atoms with Crippen molar-refractivity contribution in [3.8, 4) is 5.75 Å². The minimum absolute atomic E-state index is 0.0246. The first-order chi connectivity index (χ1) is 9.47. The van der Waals surface area contributed by atoms with Gasteiger partial charge in [-0.1, -0.05) is 12.1 Å². The molecule has 20 heavy (non-hydrogen) atoms. The molecule has 4 nitrogen and oxygen atoms in total. The molecule has 1 aromatic heterocycles. The molecule has 0 aliphatic rings. The summed E-state index contributed by atoms with van der Waals surface area (Å²) in [5.41, 5.74) is 6.69. The third-order valence-electron chi connectivity index (χ3n) is 3.12. The summed E-state index contributed by atoms with van der Waals surface area (Å²) in [5.74, 6) is -1.42. The van der Waals surface area contributed by atoms with Crippen LogP contribution in [0.15, 0.2) is 24.4 Å². The summed E-state index contributed by atoms with van der Waals surface area (Å²) in [6, 6.07) is 3.11. The molecule has 2 aromatic rings. The Labute approximate surface area is 116 Å². The van der Waals surface area contributed by atoms with Crippen LogP contribution in [0.3, 0.4) is 0 Å². The largest absolute Gasteiger partial charge is 0.493 e. The molecular formula is C14H17F2N3O. The van der Waals surface area contributed by atoms with E-state index >= 15 is 0 Å². The molecule has 0 saturated heterocycles. The zero-order valence-corrected chi connectivity index (χ0v) is 11.6. The van der Waals surface area contributed by atoms with Gasteiger partial charge in [-0.25, -0.2) is 8.78 Å². The van der Waals surface area contributed by atoms with Crippen LogP contribution in [0.4, 0.5) is 8.78 Å². The predicted molar refractivity (Wildman–Crippen MR) is 71.6 cm³/mol. The molecule has 0 radical (unpaired) electrons. The van der Waals surface area contributed by atoms with Crippen LogP contribution in [-0.4, -0.2) is 16.9 Å². The van der Waals surface area contributed by atoms with E-state index in [-0.39, 0.29) is 11.6 Å². The highest BCUT2D eigenvalue weighted by Crippen LogP contribution is 2.31. The topological polar surface area (TPSA) is 53.1 Å². The van der Waals surface area contributed by atoms with Crippen LogP contribution >= 0.6 is 0 Å². The fraction of sp³-hybridized carbons (Fsp3) is 0.357. The number of ether oxygens (including phenoxy) is 1. The number of rotatable bonds is 4. The summed E-state index contributed by atoms with van der Waals surface area (Å²) in [7, 11) is 1.49. The van der Waals surface area contributed by atoms with E-state index in [2.05, 4.69) is 5.10 Å². The van der Waals surface area contributed by atoms with Gasteiger partial charge in [-0.3, -0.25) is 4.68 Å². The number of halogens is 2. The zero-order valence-electron chi connectivity index (χ0n) is 11.6. The molecule has 1 atom stereocenters. The Morgan fingerprint density at radius 2 is 2.00 bits per heavy atom. The summed E-state index contributed by atoms with van der Waals surface area (Å²) in [6.07, 6.45) is 1.52. The molecule has 1 unspecified atom stereocenters. The molecule has 0 fully saturated rings. The van der Waals surface area contributed by atoms with E-state index < -0.39 is 17.7 Å². The van der Waals surface area contributed by atoms with E-state index in [4.69, 9.17) is 10.5 Å². The highest BCUT2D eigenvalue weighted by atomic mass is 19.2. The van der Waals surface area contributed by atoms with Crippen molar-refractivity contribution in [3.63, 3.8) is 0 Å². The molecule has 0 bridgehead atoms. The molecule has 108 valence electrons. The van der Waals surface area contributed by atoms with E-state index in [1.807, 2.05) is 13.8 Å². The fourth-order valence-corrected chi connectivity index (χ4v) is 2.13. The Hall–Kier alpha value is -1.95. The number of nitrogens with zero attached hydrogens (tertiary/aromatic N) is 2. The second-order valence-corrected chi connectivity index (χ2v) is 4.76. The minimum atomic E-state index is -0.946. The highest BCUT2D eigenvalue weighted by molar-refractivity contribution is 5.37. The maximum atomic E-state index is 13.9. The normalized spacial score (nSPS) is 12.8. The van der Waals surface area contributed by atoms with E-state index in [9.17, 15) is 8.78 Å². The summed E-state index contributed by atoms with van der Waals surface area (Å²) in [6.45, 7) is 3.84. The molecule has 2 N–H and O–H groups in total. The SMILES string of the molecule is COc1cnn(C(C)C)c1C(N)c1cccc(F)c1F. The Kier molecular flexibility index (Phi) is 4.04. The summed E-state index contributed by atoms with van der Waals surface area (Å²) < 4.78 is 34.1. The second-order valence-electron chi connectivity index (χ2n) is 4.76. The molecule has 1 aromatic carbocycles. The van der Waals surface area contributed by atoms with Crippen LogP contribution in [0.5, 0.6) is 5.75 Å². The minimum Gasteiger partial charge on any atom is -0.493 e. The number of methoxy groups -OCH3 is 1. The molecule has 1 heterocycles. The van der Waals surface area contributed by atoms with Crippen LogP contribution in [0.1, 0.15) is 37.2 Å². The van der Waals surface area contributed by atoms with E-state index in [1.54, 1.807) is 4.68 Å². The standard InChI is InChI=1S/C14H17F2N3O/c1-8(2)19-14(11(20-3)7-18-19)13(17)9-5-4-6-10(15)12(9)16/h4-8,13H,17H2,1-3H3. The van der Waals surface area contributed by atoms with Gasteiger partial charge in [0, 0.05) is 11.6 Å². The monoisotopic (exact) mass is 281 g/mol. The summed E-state index contributed by atoms with van der Waals surface area (Å²) >= 11 is 0. The van der Waals surface area contributed by atoms with Gasteiger partial charge in [0.25, 0.3) is 0 Å². The lowest BCUT2D eigenvalue weighted by Crippen LogP contribution is -2.21. The Morgan fingerprint density at radius 3 is 2.60 bits per heavy atom. The van der Waals surface area contributed by atoms with E-state index in [0.717, 1.165) is 6.07 Å². The number of hydrogen-bond donors (Lipinski definition) is 1. The van der Waals surface area contributed by atoms with Gasteiger partial charge in [-0.05, 0) is 19.9 Å². The first kappa shape index (κ1) is 14.5. The van der Waals surface area contributed by atoms with Crippen LogP contribution in [0.25, 0.3) is 0 Å². The maximum absolute atomic E-state index is 13.9. The van der Waals surface area contributed by atoms with Crippen molar-refractivity contribution in [1.29, 1.82) is 0 Å². The van der Waals surface area contributed by atoms with Crippen molar-refractivity contribution < 1.29 is 13.5 Å². The van der Waals surface area contributed by atoms with Gasteiger partial charge in [0.1, 0.15) is 5.69 Å². The lowest BCUT2D eigenvalue weighted by Gasteiger charge is -2.19. The Morgan fingerprint density at radius 1 is 1.30 bits per heavy atom. The van der Waals surface area contributed by atoms with Crippen molar-refractivity contribution in [1.82, 2.24) is 9.78 Å². The molecule has 6 heteroatoms. The Balaban J connectivity index is 2.55. The second kappa shape index (κ2) is 5.58. The van der Waals surface area contributed by atoms with Crippen molar-refractivity contribution in [2.45, 2.75) is 25.9 Å². The van der Waals surface area contributed by atoms with Crippen molar-refractivity contribution in [2.24, 2.45) is 5.73 Å². The molecule has 0 aliphatic carbocycles. The van der Waals surface area contributed by atoms with Crippen molar-refractivity contribution in [2.75, 3.05) is 7.11 Å². The third-order valence-corrected chi connectivity index (χ3v) is 3.12. The lowest BCUT2D eigenvalue weighted by atomic mass is 10.0. The first-order valence-electron chi connectivity index (χ1n) is 6.28. The van der Waals surface area contributed by atoms with Crippen molar-refractivity contribution >= 4 is 0 Å². The maximum Gasteiger partial charge on any atom is 0.163 e. The predicted octanol–water partition coefficient (Wildman–Crippen LogP) is 2.80. The van der Waals surface area contributed by atoms with Gasteiger partial charge in [-0.15, -0.1) is 0 Å². The molecule has 0 spiro atoms. The van der Waals surface area contributed by atoms with Gasteiger partial charge < -0.3 is 10.5 Å². The van der Waals surface area contributed by atoms with Crippen LogP contribution < -0.4 is 10.5 Å². The van der Waals surface area contributed by atoms with Gasteiger partial charge in [-0.2, -0.15) is 5.10 Å². The Bertz CT molecular complexity index is 610. The third kappa shape index (κ3) is 2.38. The number of benzene rings is 1. The van der Waals surface area contributed by atoms with Crippen LogP contribution in [0, 0.1) is 11.6 Å². The smallest absolute Gasteiger partial charge is 0.163 e. The molecule has 0 amide bonds. The highest BCUT2D eigenvalue weighted by Gasteiger charge is 2.24. The van der Waals surface area contributed by atoms with Crippen LogP contribution in [0.2, 0.25) is 0 Å². The van der Waals surface area contributed by atoms with Crippen LogP contribution in [-0.2, 0) is 0 Å². The molecule has 0 saturated carbocycles. The molecule has 2 rings (SSSR count).